The van der Waals surface area contributed by atoms with Crippen molar-refractivity contribution in [3.8, 4) is 11.5 Å². The Bertz CT molecular complexity index is 1040. The summed E-state index contributed by atoms with van der Waals surface area (Å²) in [5.74, 6) is 1.65. The molecule has 7 nitrogen and oxygen atoms in total. The Balaban J connectivity index is 1.68. The molecule has 0 bridgehead atoms. The molecule has 0 spiro atoms. The molecular weight excluding hydrogens is 322 g/mol. The first-order valence-corrected chi connectivity index (χ1v) is 7.76. The largest absolute Gasteiger partial charge is 0.454 e. The predicted molar refractivity (Wildman–Crippen MR) is 91.5 cm³/mol. The molecule has 0 radical (unpaired) electrons. The van der Waals surface area contributed by atoms with Gasteiger partial charge in [0.1, 0.15) is 17.0 Å². The lowest BCUT2D eigenvalue weighted by Gasteiger charge is -2.10. The maximum Gasteiger partial charge on any atom is 0.270 e. The lowest BCUT2D eigenvalue weighted by Crippen LogP contribution is -2.22. The normalized spacial score (nSPS) is 12.4. The smallest absolute Gasteiger partial charge is 0.270 e. The fourth-order valence-corrected chi connectivity index (χ4v) is 2.74. The summed E-state index contributed by atoms with van der Waals surface area (Å²) in [6, 6.07) is 9.18. The van der Waals surface area contributed by atoms with E-state index in [2.05, 4.69) is 10.3 Å². The molecule has 0 atom stereocenters. The number of benzene rings is 1. The fourth-order valence-electron chi connectivity index (χ4n) is 2.74. The number of nitrogens with zero attached hydrogens (tertiary/aromatic N) is 2. The first-order valence-electron chi connectivity index (χ1n) is 7.76. The highest BCUT2D eigenvalue weighted by Gasteiger charge is 2.15. The molecular formula is C18H15N3O4. The van der Waals surface area contributed by atoms with Crippen molar-refractivity contribution in [1.82, 2.24) is 9.38 Å². The summed E-state index contributed by atoms with van der Waals surface area (Å²) in [5.41, 5.74) is 1.93. The molecule has 3 aromatic rings. The van der Waals surface area contributed by atoms with Gasteiger partial charge in [0.05, 0.1) is 0 Å². The second kappa shape index (κ2) is 5.94. The average molecular weight is 337 g/mol. The quantitative estimate of drug-likeness (QED) is 0.735. The van der Waals surface area contributed by atoms with Crippen LogP contribution in [0.3, 0.4) is 0 Å². The van der Waals surface area contributed by atoms with Crippen LogP contribution in [-0.4, -0.2) is 22.5 Å². The van der Waals surface area contributed by atoms with Crippen LogP contribution in [0.5, 0.6) is 11.5 Å². The van der Waals surface area contributed by atoms with Crippen molar-refractivity contribution < 1.29 is 14.3 Å². The molecule has 4 rings (SSSR count). The topological polar surface area (TPSA) is 81.9 Å². The van der Waals surface area contributed by atoms with Gasteiger partial charge in [-0.05, 0) is 36.2 Å². The van der Waals surface area contributed by atoms with E-state index in [4.69, 9.17) is 9.47 Å². The Kier molecular flexibility index (Phi) is 3.61. The van der Waals surface area contributed by atoms with E-state index in [1.807, 2.05) is 31.2 Å². The third-order valence-electron chi connectivity index (χ3n) is 4.02. The number of aryl methyl sites for hydroxylation is 1. The molecule has 1 aliphatic heterocycles. The van der Waals surface area contributed by atoms with Gasteiger partial charge in [-0.25, -0.2) is 4.98 Å². The maximum atomic E-state index is 12.5. The van der Waals surface area contributed by atoms with Crippen LogP contribution in [0.1, 0.15) is 21.5 Å². The first kappa shape index (κ1) is 15.2. The number of hydrogen-bond acceptors (Lipinski definition) is 6. The summed E-state index contributed by atoms with van der Waals surface area (Å²) >= 11 is 0. The highest BCUT2D eigenvalue weighted by atomic mass is 16.7. The first-order chi connectivity index (χ1) is 12.2. The SMILES string of the molecule is Cc1ccc2nc(NCc3ccc4c(c3)OCO4)c(C=O)c(=O)n2c1. The van der Waals surface area contributed by atoms with Crippen LogP contribution in [0.15, 0.2) is 41.3 Å². The van der Waals surface area contributed by atoms with E-state index >= 15 is 0 Å². The van der Waals surface area contributed by atoms with E-state index in [0.717, 1.165) is 11.1 Å². The number of aromatic nitrogens is 2. The minimum Gasteiger partial charge on any atom is -0.454 e. The summed E-state index contributed by atoms with van der Waals surface area (Å²) in [7, 11) is 0. The number of fused-ring (bicyclic) bond motifs is 2. The van der Waals surface area contributed by atoms with Crippen LogP contribution >= 0.6 is 0 Å². The van der Waals surface area contributed by atoms with Gasteiger partial charge in [0.25, 0.3) is 5.56 Å². The Labute approximate surface area is 142 Å². The van der Waals surface area contributed by atoms with E-state index in [0.29, 0.717) is 30.0 Å². The monoisotopic (exact) mass is 337 g/mol. The summed E-state index contributed by atoms with van der Waals surface area (Å²) in [4.78, 5) is 28.3. The van der Waals surface area contributed by atoms with Gasteiger partial charge in [0, 0.05) is 12.7 Å². The molecule has 1 N–H and O–H groups in total. The number of aldehydes is 1. The number of pyridine rings is 1. The molecule has 7 heteroatoms. The molecule has 0 fully saturated rings. The Morgan fingerprint density at radius 2 is 2.08 bits per heavy atom. The molecule has 0 aliphatic carbocycles. The number of rotatable bonds is 4. The summed E-state index contributed by atoms with van der Waals surface area (Å²) in [6.45, 7) is 2.48. The van der Waals surface area contributed by atoms with Crippen molar-refractivity contribution >= 4 is 17.8 Å². The van der Waals surface area contributed by atoms with Gasteiger partial charge in [0.2, 0.25) is 6.79 Å². The average Bonchev–Trinajstić information content (AvgIpc) is 3.08. The number of carbonyl (C=O) groups is 1. The van der Waals surface area contributed by atoms with Crippen molar-refractivity contribution in [1.29, 1.82) is 0 Å². The van der Waals surface area contributed by atoms with Crippen molar-refractivity contribution in [2.45, 2.75) is 13.5 Å². The minimum absolute atomic E-state index is 0.00356. The fraction of sp³-hybridized carbons (Fsp3) is 0.167. The highest BCUT2D eigenvalue weighted by Crippen LogP contribution is 2.32. The number of ether oxygens (including phenoxy) is 2. The summed E-state index contributed by atoms with van der Waals surface area (Å²) in [5, 5.41) is 3.07. The molecule has 25 heavy (non-hydrogen) atoms. The van der Waals surface area contributed by atoms with E-state index < -0.39 is 5.56 Å². The number of nitrogens with one attached hydrogen (secondary N) is 1. The molecule has 0 saturated heterocycles. The number of carbonyl (C=O) groups excluding carboxylic acids is 1. The minimum atomic E-state index is -0.392. The van der Waals surface area contributed by atoms with E-state index in [1.54, 1.807) is 12.3 Å². The molecule has 0 saturated carbocycles. The molecule has 1 aromatic carbocycles. The predicted octanol–water partition coefficient (Wildman–Crippen LogP) is 2.16. The molecule has 1 aliphatic rings. The van der Waals surface area contributed by atoms with Gasteiger partial charge in [-0.3, -0.25) is 14.0 Å². The molecule has 0 amide bonds. The van der Waals surface area contributed by atoms with E-state index in [1.165, 1.54) is 4.40 Å². The zero-order valence-corrected chi connectivity index (χ0v) is 13.5. The van der Waals surface area contributed by atoms with Crippen LogP contribution in [0.4, 0.5) is 5.82 Å². The number of hydrogen-bond donors (Lipinski definition) is 1. The third-order valence-corrected chi connectivity index (χ3v) is 4.02. The van der Waals surface area contributed by atoms with Gasteiger partial charge in [0.15, 0.2) is 17.8 Å². The third kappa shape index (κ3) is 2.69. The van der Waals surface area contributed by atoms with Crippen LogP contribution in [0.2, 0.25) is 0 Å². The molecule has 126 valence electrons. The highest BCUT2D eigenvalue weighted by molar-refractivity contribution is 5.82. The lowest BCUT2D eigenvalue weighted by molar-refractivity contribution is 0.112. The second-order valence-electron chi connectivity index (χ2n) is 5.77. The molecule has 2 aromatic heterocycles. The zero-order chi connectivity index (χ0) is 17.4. The van der Waals surface area contributed by atoms with Crippen molar-refractivity contribution in [2.24, 2.45) is 0 Å². The maximum absolute atomic E-state index is 12.5. The van der Waals surface area contributed by atoms with Gasteiger partial charge >= 0.3 is 0 Å². The second-order valence-corrected chi connectivity index (χ2v) is 5.77. The van der Waals surface area contributed by atoms with Crippen molar-refractivity contribution in [3.63, 3.8) is 0 Å². The van der Waals surface area contributed by atoms with E-state index in [9.17, 15) is 9.59 Å². The van der Waals surface area contributed by atoms with Gasteiger partial charge < -0.3 is 14.8 Å². The molecule has 3 heterocycles. The molecule has 0 unspecified atom stereocenters. The van der Waals surface area contributed by atoms with E-state index in [-0.39, 0.29) is 18.2 Å². The van der Waals surface area contributed by atoms with Crippen molar-refractivity contribution in [2.75, 3.05) is 12.1 Å². The Hall–Kier alpha value is -3.35. The lowest BCUT2D eigenvalue weighted by atomic mass is 10.2. The standard InChI is InChI=1S/C18H15N3O4/c1-11-2-5-16-20-17(13(9-22)18(23)21(16)8-11)19-7-12-3-4-14-15(6-12)25-10-24-14/h2-6,8-9,19H,7,10H2,1H3. The number of anilines is 1. The van der Waals surface area contributed by atoms with Gasteiger partial charge in [-0.1, -0.05) is 12.1 Å². The van der Waals surface area contributed by atoms with Gasteiger partial charge in [-0.15, -0.1) is 0 Å². The Morgan fingerprint density at radius 3 is 2.92 bits per heavy atom. The van der Waals surface area contributed by atoms with Crippen molar-refractivity contribution in [3.05, 3.63) is 63.6 Å². The van der Waals surface area contributed by atoms with Crippen LogP contribution in [0, 0.1) is 6.92 Å². The zero-order valence-electron chi connectivity index (χ0n) is 13.5. The van der Waals surface area contributed by atoms with Gasteiger partial charge in [-0.2, -0.15) is 0 Å². The van der Waals surface area contributed by atoms with Crippen LogP contribution in [-0.2, 0) is 6.54 Å². The summed E-state index contributed by atoms with van der Waals surface area (Å²) in [6.07, 6.45) is 2.20. The summed E-state index contributed by atoms with van der Waals surface area (Å²) < 4.78 is 12.0. The van der Waals surface area contributed by atoms with Crippen LogP contribution < -0.4 is 20.3 Å². The van der Waals surface area contributed by atoms with Crippen LogP contribution in [0.25, 0.3) is 5.65 Å². The Morgan fingerprint density at radius 1 is 1.24 bits per heavy atom.